The number of carbonyl (C=O) groups excluding carboxylic acids is 2. The zero-order valence-corrected chi connectivity index (χ0v) is 25.6. The average Bonchev–Trinajstić information content (AvgIpc) is 3.37. The molecule has 0 spiro atoms. The molecule has 0 radical (unpaired) electrons. The van der Waals surface area contributed by atoms with E-state index in [1.807, 2.05) is 18.7 Å². The molecule has 3 aromatic heterocycles. The van der Waals surface area contributed by atoms with Crippen LogP contribution in [0.15, 0.2) is 42.9 Å². The molecule has 1 aliphatic rings. The van der Waals surface area contributed by atoms with E-state index in [1.54, 1.807) is 17.5 Å². The van der Waals surface area contributed by atoms with E-state index in [2.05, 4.69) is 15.3 Å². The topological polar surface area (TPSA) is 128 Å². The first-order valence-electron chi connectivity index (χ1n) is 14.9. The summed E-state index contributed by atoms with van der Waals surface area (Å²) >= 11 is 0. The average molecular weight is 624 g/mol. The van der Waals surface area contributed by atoms with Gasteiger partial charge in [-0.1, -0.05) is 13.8 Å². The summed E-state index contributed by atoms with van der Waals surface area (Å²) in [6.07, 6.45) is 6.40. The van der Waals surface area contributed by atoms with Gasteiger partial charge in [0.2, 0.25) is 5.91 Å². The molecule has 0 saturated carbocycles. The van der Waals surface area contributed by atoms with Crippen molar-refractivity contribution in [3.8, 4) is 17.0 Å². The van der Waals surface area contributed by atoms with E-state index >= 15 is 4.39 Å². The molecule has 45 heavy (non-hydrogen) atoms. The first kappa shape index (κ1) is 31.7. The van der Waals surface area contributed by atoms with Crippen LogP contribution < -0.4 is 15.8 Å². The van der Waals surface area contributed by atoms with Crippen LogP contribution in [0, 0.1) is 11.7 Å². The molecule has 238 valence electrons. The fraction of sp³-hybridized carbons (Fsp3) is 0.406. The molecule has 3 N–H and O–H groups in total. The highest BCUT2D eigenvalue weighted by Gasteiger charge is 2.31. The number of piperidine rings is 1. The highest BCUT2D eigenvalue weighted by molar-refractivity contribution is 6.05. The van der Waals surface area contributed by atoms with Gasteiger partial charge in [0.05, 0.1) is 12.2 Å². The lowest BCUT2D eigenvalue weighted by molar-refractivity contribution is -0.133. The fourth-order valence-corrected chi connectivity index (χ4v) is 5.61. The van der Waals surface area contributed by atoms with Crippen molar-refractivity contribution in [1.29, 1.82) is 0 Å². The Morgan fingerprint density at radius 1 is 1.20 bits per heavy atom. The van der Waals surface area contributed by atoms with E-state index < -0.39 is 17.6 Å². The van der Waals surface area contributed by atoms with Gasteiger partial charge >= 0.3 is 0 Å². The Morgan fingerprint density at radius 2 is 1.98 bits per heavy atom. The van der Waals surface area contributed by atoms with E-state index in [4.69, 9.17) is 15.5 Å². The lowest BCUT2D eigenvalue weighted by Crippen LogP contribution is -2.40. The van der Waals surface area contributed by atoms with Crippen LogP contribution in [0.3, 0.4) is 0 Å². The molecule has 0 bridgehead atoms. The van der Waals surface area contributed by atoms with Gasteiger partial charge in [0, 0.05) is 62.1 Å². The van der Waals surface area contributed by atoms with Crippen LogP contribution in [0.1, 0.15) is 74.6 Å². The Kier molecular flexibility index (Phi) is 8.98. The Labute approximate surface area is 258 Å². The number of anilines is 2. The standard InChI is InChI=1S/C32H36F3N7O3/c1-5-45-23-15-20(31(44)39-24-16-21(8-9-37-24)32(4,34)35)14-22(33)26(23)27-28-29(36)38-10-12-42(28)30(40-27)19-7-6-11-41(17-19)25(43)13-18(2)3/h8-10,12,14-16,18-19H,5-7,11,13,17H2,1-4H3,(H2,36,38)(H,37,39,44). The number of likely N-dealkylation sites (tertiary alicyclic amines) is 1. The molecule has 4 heterocycles. The molecule has 0 aliphatic carbocycles. The van der Waals surface area contributed by atoms with Crippen molar-refractivity contribution < 1.29 is 27.5 Å². The summed E-state index contributed by atoms with van der Waals surface area (Å²) in [5.74, 6) is -3.88. The molecule has 4 aromatic rings. The molecule has 10 nitrogen and oxygen atoms in total. The molecular weight excluding hydrogens is 587 g/mol. The summed E-state index contributed by atoms with van der Waals surface area (Å²) in [4.78, 5) is 40.9. The third kappa shape index (κ3) is 6.71. The number of nitrogens with zero attached hydrogens (tertiary/aromatic N) is 5. The Bertz CT molecular complexity index is 1740. The molecular formula is C32H36F3N7O3. The number of hydrogen-bond acceptors (Lipinski definition) is 7. The van der Waals surface area contributed by atoms with Gasteiger partial charge in [0.25, 0.3) is 11.8 Å². The molecule has 2 amide bonds. The normalized spacial score (nSPS) is 15.5. The quantitative estimate of drug-likeness (QED) is 0.233. The molecule has 1 aromatic carbocycles. The number of hydrogen-bond donors (Lipinski definition) is 2. The van der Waals surface area contributed by atoms with E-state index in [-0.39, 0.29) is 64.1 Å². The number of halogens is 3. The van der Waals surface area contributed by atoms with Crippen molar-refractivity contribution >= 4 is 29.0 Å². The van der Waals surface area contributed by atoms with Crippen LogP contribution in [-0.4, -0.2) is 55.8 Å². The lowest BCUT2D eigenvalue weighted by atomic mass is 9.96. The number of aromatic nitrogens is 4. The van der Waals surface area contributed by atoms with E-state index in [0.717, 1.165) is 44.2 Å². The predicted molar refractivity (Wildman–Crippen MR) is 164 cm³/mol. The molecule has 1 atom stereocenters. The molecule has 13 heteroatoms. The number of amides is 2. The number of nitrogens with two attached hydrogens (primary N) is 1. The number of benzene rings is 1. The van der Waals surface area contributed by atoms with E-state index in [9.17, 15) is 18.4 Å². The van der Waals surface area contributed by atoms with Gasteiger partial charge in [-0.25, -0.2) is 28.1 Å². The van der Waals surface area contributed by atoms with E-state index in [0.29, 0.717) is 30.9 Å². The maximum atomic E-state index is 16.1. The van der Waals surface area contributed by atoms with Gasteiger partial charge in [-0.05, 0) is 49.9 Å². The highest BCUT2D eigenvalue weighted by Crippen LogP contribution is 2.40. The monoisotopic (exact) mass is 623 g/mol. The maximum absolute atomic E-state index is 16.1. The van der Waals surface area contributed by atoms with Crippen LogP contribution in [0.5, 0.6) is 5.75 Å². The molecule has 1 saturated heterocycles. The number of rotatable bonds is 9. The van der Waals surface area contributed by atoms with Gasteiger partial charge < -0.3 is 20.7 Å². The SMILES string of the molecule is CCOc1cc(C(=O)Nc2cc(C(C)(F)F)ccn2)cc(F)c1-c1nc(C2CCCN(C(=O)CC(C)C)C2)n2ccnc(N)c12. The number of alkyl halides is 2. The lowest BCUT2D eigenvalue weighted by Gasteiger charge is -2.32. The fourth-order valence-electron chi connectivity index (χ4n) is 5.61. The minimum atomic E-state index is -3.14. The minimum absolute atomic E-state index is 0.00820. The first-order valence-corrected chi connectivity index (χ1v) is 14.9. The van der Waals surface area contributed by atoms with Gasteiger partial charge in [0.1, 0.15) is 40.2 Å². The van der Waals surface area contributed by atoms with Gasteiger partial charge in [-0.3, -0.25) is 14.0 Å². The third-order valence-electron chi connectivity index (χ3n) is 7.69. The van der Waals surface area contributed by atoms with Crippen LogP contribution in [0.25, 0.3) is 16.8 Å². The zero-order chi connectivity index (χ0) is 32.5. The summed E-state index contributed by atoms with van der Waals surface area (Å²) in [5.41, 5.74) is 6.43. The molecule has 1 fully saturated rings. The number of nitrogen functional groups attached to an aromatic ring is 1. The van der Waals surface area contributed by atoms with Crippen LogP contribution in [0.2, 0.25) is 0 Å². The van der Waals surface area contributed by atoms with Crippen molar-refractivity contribution in [1.82, 2.24) is 24.3 Å². The second-order valence-electron chi connectivity index (χ2n) is 11.7. The van der Waals surface area contributed by atoms with Crippen molar-refractivity contribution in [2.75, 3.05) is 30.7 Å². The molecule has 5 rings (SSSR count). The Hall–Kier alpha value is -4.68. The third-order valence-corrected chi connectivity index (χ3v) is 7.69. The first-order chi connectivity index (χ1) is 21.4. The van der Waals surface area contributed by atoms with Gasteiger partial charge in [-0.2, -0.15) is 0 Å². The predicted octanol–water partition coefficient (Wildman–Crippen LogP) is 6.03. The van der Waals surface area contributed by atoms with Crippen molar-refractivity contribution in [3.63, 3.8) is 0 Å². The second kappa shape index (κ2) is 12.7. The summed E-state index contributed by atoms with van der Waals surface area (Å²) in [6.45, 7) is 7.73. The maximum Gasteiger partial charge on any atom is 0.270 e. The minimum Gasteiger partial charge on any atom is -0.493 e. The second-order valence-corrected chi connectivity index (χ2v) is 11.7. The number of nitrogens with one attached hydrogen (secondary N) is 1. The number of imidazole rings is 1. The zero-order valence-electron chi connectivity index (χ0n) is 25.6. The number of carbonyl (C=O) groups is 2. The number of fused-ring (bicyclic) bond motifs is 1. The summed E-state index contributed by atoms with van der Waals surface area (Å²) in [5, 5.41) is 2.45. The van der Waals surface area contributed by atoms with Crippen LogP contribution in [0.4, 0.5) is 24.8 Å². The van der Waals surface area contributed by atoms with Crippen molar-refractivity contribution in [2.24, 2.45) is 5.92 Å². The number of pyridine rings is 1. The number of ether oxygens (including phenoxy) is 1. The smallest absolute Gasteiger partial charge is 0.270 e. The Balaban J connectivity index is 1.54. The van der Waals surface area contributed by atoms with E-state index in [1.165, 1.54) is 12.3 Å². The Morgan fingerprint density at radius 3 is 2.69 bits per heavy atom. The summed E-state index contributed by atoms with van der Waals surface area (Å²) in [7, 11) is 0. The van der Waals surface area contributed by atoms with Crippen molar-refractivity contribution in [2.45, 2.75) is 58.8 Å². The van der Waals surface area contributed by atoms with Crippen molar-refractivity contribution in [3.05, 3.63) is 65.6 Å². The summed E-state index contributed by atoms with van der Waals surface area (Å²) in [6, 6.07) is 4.59. The highest BCUT2D eigenvalue weighted by atomic mass is 19.3. The van der Waals surface area contributed by atoms with Crippen LogP contribution in [-0.2, 0) is 10.7 Å². The largest absolute Gasteiger partial charge is 0.493 e. The molecule has 1 aliphatic heterocycles. The van der Waals surface area contributed by atoms with Gasteiger partial charge in [-0.15, -0.1) is 0 Å². The summed E-state index contributed by atoms with van der Waals surface area (Å²) < 4.78 is 51.3. The van der Waals surface area contributed by atoms with Gasteiger partial charge in [0.15, 0.2) is 0 Å². The van der Waals surface area contributed by atoms with Crippen LogP contribution >= 0.6 is 0 Å². The molecule has 1 unspecified atom stereocenters.